The molecule has 2 heteroatoms. The molecule has 0 aromatic rings. The van der Waals surface area contributed by atoms with Crippen molar-refractivity contribution in [2.45, 2.75) is 45.1 Å². The number of nitrogens with zero attached hydrogens (tertiary/aromatic N) is 1. The zero-order chi connectivity index (χ0) is 11.6. The van der Waals surface area contributed by atoms with Gasteiger partial charge in [0, 0.05) is 18.0 Å². The summed E-state index contributed by atoms with van der Waals surface area (Å²) in [6, 6.07) is 0. The van der Waals surface area contributed by atoms with E-state index in [0.717, 1.165) is 25.7 Å². The standard InChI is InChI=1S/C14H19NO/c1-3-5-8-12-11-13(16)14(4-2)9-6-7-10-15(12)14/h6-7,9-11H,3-5,8H2,1-2H3/t14-/m0/s1. The van der Waals surface area contributed by atoms with Gasteiger partial charge < -0.3 is 4.90 Å². The van der Waals surface area contributed by atoms with E-state index in [4.69, 9.17) is 0 Å². The van der Waals surface area contributed by atoms with Crippen molar-refractivity contribution in [2.24, 2.45) is 0 Å². The number of fused-ring (bicyclic) bond motifs is 1. The van der Waals surface area contributed by atoms with Crippen LogP contribution >= 0.6 is 0 Å². The number of hydrogen-bond acceptors (Lipinski definition) is 2. The SMILES string of the molecule is CCCCC1=CC(=O)[C@]2(CC)C=CC=CN12. The van der Waals surface area contributed by atoms with E-state index in [1.165, 1.54) is 5.70 Å². The van der Waals surface area contributed by atoms with E-state index in [-0.39, 0.29) is 5.78 Å². The third-order valence-corrected chi connectivity index (χ3v) is 3.51. The van der Waals surface area contributed by atoms with Gasteiger partial charge in [0.25, 0.3) is 0 Å². The zero-order valence-corrected chi connectivity index (χ0v) is 10.1. The molecule has 0 radical (unpaired) electrons. The van der Waals surface area contributed by atoms with Crippen molar-refractivity contribution in [1.82, 2.24) is 4.90 Å². The highest BCUT2D eigenvalue weighted by Crippen LogP contribution is 2.37. The van der Waals surface area contributed by atoms with E-state index in [2.05, 4.69) is 18.7 Å². The van der Waals surface area contributed by atoms with Crippen molar-refractivity contribution in [2.75, 3.05) is 0 Å². The molecule has 0 aromatic carbocycles. The molecule has 1 atom stereocenters. The lowest BCUT2D eigenvalue weighted by atomic mass is 9.90. The van der Waals surface area contributed by atoms with Crippen molar-refractivity contribution in [1.29, 1.82) is 0 Å². The molecule has 0 fully saturated rings. The largest absolute Gasteiger partial charge is 0.334 e. The summed E-state index contributed by atoms with van der Waals surface area (Å²) in [5.74, 6) is 0.238. The van der Waals surface area contributed by atoms with Gasteiger partial charge in [-0.1, -0.05) is 32.4 Å². The molecule has 0 N–H and O–H groups in total. The molecule has 2 aliphatic rings. The second-order valence-electron chi connectivity index (χ2n) is 4.45. The Labute approximate surface area is 97.3 Å². The molecule has 0 unspecified atom stereocenters. The first-order valence-electron chi connectivity index (χ1n) is 6.15. The summed E-state index contributed by atoms with van der Waals surface area (Å²) >= 11 is 0. The minimum absolute atomic E-state index is 0.238. The molecule has 2 nitrogen and oxygen atoms in total. The Morgan fingerprint density at radius 2 is 2.12 bits per heavy atom. The van der Waals surface area contributed by atoms with Crippen LogP contribution in [0.2, 0.25) is 0 Å². The van der Waals surface area contributed by atoms with Crippen molar-refractivity contribution < 1.29 is 4.79 Å². The fourth-order valence-corrected chi connectivity index (χ4v) is 2.48. The second kappa shape index (κ2) is 4.28. The molecule has 2 heterocycles. The van der Waals surface area contributed by atoms with E-state index in [1.807, 2.05) is 30.5 Å². The molecule has 86 valence electrons. The molecule has 0 bridgehead atoms. The van der Waals surface area contributed by atoms with E-state index in [0.29, 0.717) is 0 Å². The maximum atomic E-state index is 12.1. The Morgan fingerprint density at radius 3 is 2.81 bits per heavy atom. The van der Waals surface area contributed by atoms with Gasteiger partial charge in [-0.2, -0.15) is 0 Å². The van der Waals surface area contributed by atoms with Gasteiger partial charge in [0.05, 0.1) is 0 Å². The van der Waals surface area contributed by atoms with Crippen molar-refractivity contribution in [3.05, 3.63) is 36.2 Å². The van der Waals surface area contributed by atoms with Crippen LogP contribution in [0.5, 0.6) is 0 Å². The van der Waals surface area contributed by atoms with Gasteiger partial charge in [-0.25, -0.2) is 0 Å². The average molecular weight is 217 g/mol. The van der Waals surface area contributed by atoms with Crippen LogP contribution in [-0.4, -0.2) is 16.2 Å². The third kappa shape index (κ3) is 1.53. The molecule has 0 spiro atoms. The van der Waals surface area contributed by atoms with Crippen LogP contribution < -0.4 is 0 Å². The van der Waals surface area contributed by atoms with E-state index in [9.17, 15) is 4.79 Å². The molecule has 16 heavy (non-hydrogen) atoms. The van der Waals surface area contributed by atoms with Crippen LogP contribution in [-0.2, 0) is 4.79 Å². The highest BCUT2D eigenvalue weighted by atomic mass is 16.1. The van der Waals surface area contributed by atoms with Crippen LogP contribution in [0.1, 0.15) is 39.5 Å². The first kappa shape index (κ1) is 11.2. The normalized spacial score (nSPS) is 27.2. The van der Waals surface area contributed by atoms with Crippen LogP contribution in [0.3, 0.4) is 0 Å². The molecular weight excluding hydrogens is 198 g/mol. The molecular formula is C14H19NO. The van der Waals surface area contributed by atoms with Gasteiger partial charge in [-0.05, 0) is 25.3 Å². The van der Waals surface area contributed by atoms with Crippen molar-refractivity contribution in [3.8, 4) is 0 Å². The number of carbonyl (C=O) groups excluding carboxylic acids is 1. The highest BCUT2D eigenvalue weighted by molar-refractivity contribution is 6.03. The monoisotopic (exact) mass is 217 g/mol. The molecule has 0 aliphatic carbocycles. The van der Waals surface area contributed by atoms with Gasteiger partial charge in [-0.15, -0.1) is 0 Å². The Morgan fingerprint density at radius 1 is 1.31 bits per heavy atom. The van der Waals surface area contributed by atoms with Gasteiger partial charge in [0.1, 0.15) is 5.54 Å². The summed E-state index contributed by atoms with van der Waals surface area (Å²) in [5.41, 5.74) is 0.770. The van der Waals surface area contributed by atoms with Crippen LogP contribution in [0, 0.1) is 0 Å². The maximum Gasteiger partial charge on any atom is 0.187 e. The molecule has 0 aromatic heterocycles. The zero-order valence-electron chi connectivity index (χ0n) is 10.1. The van der Waals surface area contributed by atoms with E-state index >= 15 is 0 Å². The minimum atomic E-state index is -0.405. The Bertz CT molecular complexity index is 378. The number of ketones is 1. The summed E-state index contributed by atoms with van der Waals surface area (Å²) < 4.78 is 0. The minimum Gasteiger partial charge on any atom is -0.334 e. The summed E-state index contributed by atoms with van der Waals surface area (Å²) in [7, 11) is 0. The van der Waals surface area contributed by atoms with Gasteiger partial charge >= 0.3 is 0 Å². The lowest BCUT2D eigenvalue weighted by Crippen LogP contribution is -2.45. The first-order chi connectivity index (χ1) is 7.74. The van der Waals surface area contributed by atoms with Gasteiger partial charge in [0.15, 0.2) is 5.78 Å². The smallest absolute Gasteiger partial charge is 0.187 e. The fourth-order valence-electron chi connectivity index (χ4n) is 2.48. The molecule has 0 saturated heterocycles. The van der Waals surface area contributed by atoms with Gasteiger partial charge in [0.2, 0.25) is 0 Å². The number of allylic oxidation sites excluding steroid dienone is 3. The summed E-state index contributed by atoms with van der Waals surface area (Å²) in [4.78, 5) is 14.3. The summed E-state index contributed by atoms with van der Waals surface area (Å²) in [6.45, 7) is 4.25. The molecule has 0 saturated carbocycles. The predicted molar refractivity (Wildman–Crippen MR) is 65.8 cm³/mol. The van der Waals surface area contributed by atoms with Gasteiger partial charge in [-0.3, -0.25) is 4.79 Å². The number of carbonyl (C=O) groups is 1. The molecule has 0 amide bonds. The average Bonchev–Trinajstić information content (AvgIpc) is 2.61. The Balaban J connectivity index is 2.26. The van der Waals surface area contributed by atoms with E-state index < -0.39 is 5.54 Å². The van der Waals surface area contributed by atoms with Crippen LogP contribution in [0.25, 0.3) is 0 Å². The lowest BCUT2D eigenvalue weighted by Gasteiger charge is -2.36. The molecule has 2 aliphatic heterocycles. The lowest BCUT2D eigenvalue weighted by molar-refractivity contribution is -0.120. The highest BCUT2D eigenvalue weighted by Gasteiger charge is 2.44. The van der Waals surface area contributed by atoms with Crippen LogP contribution in [0.4, 0.5) is 0 Å². The van der Waals surface area contributed by atoms with E-state index in [1.54, 1.807) is 0 Å². The number of rotatable bonds is 4. The Hall–Kier alpha value is -1.31. The quantitative estimate of drug-likeness (QED) is 0.721. The summed E-state index contributed by atoms with van der Waals surface area (Å²) in [6.07, 6.45) is 14.0. The summed E-state index contributed by atoms with van der Waals surface area (Å²) in [5, 5.41) is 0. The Kier molecular flexibility index (Phi) is 2.99. The van der Waals surface area contributed by atoms with Crippen LogP contribution in [0.15, 0.2) is 36.2 Å². The number of hydrogen-bond donors (Lipinski definition) is 0. The van der Waals surface area contributed by atoms with Crippen molar-refractivity contribution >= 4 is 5.78 Å². The second-order valence-corrected chi connectivity index (χ2v) is 4.45. The fraction of sp³-hybridized carbons (Fsp3) is 0.500. The topological polar surface area (TPSA) is 20.3 Å². The first-order valence-corrected chi connectivity index (χ1v) is 6.15. The van der Waals surface area contributed by atoms with Crippen molar-refractivity contribution in [3.63, 3.8) is 0 Å². The third-order valence-electron chi connectivity index (χ3n) is 3.51. The predicted octanol–water partition coefficient (Wildman–Crippen LogP) is 3.18. The maximum absolute atomic E-state index is 12.1. The molecule has 2 rings (SSSR count). The number of unbranched alkanes of at least 4 members (excludes halogenated alkanes) is 1.